The van der Waals surface area contributed by atoms with Crippen molar-refractivity contribution in [1.82, 2.24) is 20.2 Å². The first-order valence-electron chi connectivity index (χ1n) is 10.1. The highest BCUT2D eigenvalue weighted by Gasteiger charge is 2.38. The lowest BCUT2D eigenvalue weighted by molar-refractivity contribution is 0.0713. The van der Waals surface area contributed by atoms with E-state index in [2.05, 4.69) is 20.5 Å². The zero-order valence-electron chi connectivity index (χ0n) is 17.2. The molecule has 9 nitrogen and oxygen atoms in total. The monoisotopic (exact) mass is 429 g/mol. The lowest BCUT2D eigenvalue weighted by Crippen LogP contribution is -2.31. The van der Waals surface area contributed by atoms with Crippen LogP contribution < -0.4 is 0 Å². The molecule has 1 aliphatic heterocycles. The van der Waals surface area contributed by atoms with Gasteiger partial charge in [0.1, 0.15) is 11.8 Å². The smallest absolute Gasteiger partial charge is 0.254 e. The number of carbonyl (C=O) groups excluding carboxylic acids is 1. The SMILES string of the molecule is Cc1cc(-c2noc([C@@H]3C/C(=N\O)CN3C(=O)c3ccc(-c4ccccc4)cc3)n2)no1. The number of aryl methyl sites for hydroxylation is 1. The largest absolute Gasteiger partial charge is 0.411 e. The molecule has 4 aromatic rings. The van der Waals surface area contributed by atoms with Gasteiger partial charge in [-0.1, -0.05) is 57.9 Å². The Labute approximate surface area is 183 Å². The van der Waals surface area contributed by atoms with Crippen molar-refractivity contribution < 1.29 is 19.0 Å². The number of nitrogens with zero attached hydrogens (tertiary/aromatic N) is 5. The summed E-state index contributed by atoms with van der Waals surface area (Å²) in [5, 5.41) is 20.5. The van der Waals surface area contributed by atoms with E-state index in [1.165, 1.54) is 0 Å². The summed E-state index contributed by atoms with van der Waals surface area (Å²) in [6.45, 7) is 1.93. The topological polar surface area (TPSA) is 118 Å². The van der Waals surface area contributed by atoms with Crippen molar-refractivity contribution >= 4 is 11.6 Å². The number of benzene rings is 2. The predicted octanol–water partition coefficient (Wildman–Crippen LogP) is 4.12. The Morgan fingerprint density at radius 3 is 2.50 bits per heavy atom. The first-order valence-corrected chi connectivity index (χ1v) is 10.1. The highest BCUT2D eigenvalue weighted by Crippen LogP contribution is 2.32. The average molecular weight is 429 g/mol. The second-order valence-corrected chi connectivity index (χ2v) is 7.54. The Hall–Kier alpha value is -4.27. The first-order chi connectivity index (χ1) is 15.6. The third-order valence-electron chi connectivity index (χ3n) is 5.38. The van der Waals surface area contributed by atoms with E-state index in [0.717, 1.165) is 11.1 Å². The third-order valence-corrected chi connectivity index (χ3v) is 5.38. The molecule has 2 aromatic heterocycles. The summed E-state index contributed by atoms with van der Waals surface area (Å²) >= 11 is 0. The van der Waals surface area contributed by atoms with Gasteiger partial charge in [0.05, 0.1) is 12.3 Å². The zero-order valence-corrected chi connectivity index (χ0v) is 17.2. The fourth-order valence-electron chi connectivity index (χ4n) is 3.76. The van der Waals surface area contributed by atoms with Crippen molar-refractivity contribution in [2.45, 2.75) is 19.4 Å². The quantitative estimate of drug-likeness (QED) is 0.383. The molecule has 3 heterocycles. The maximum Gasteiger partial charge on any atom is 0.254 e. The maximum atomic E-state index is 13.3. The molecular weight excluding hydrogens is 410 g/mol. The molecule has 1 atom stereocenters. The average Bonchev–Trinajstić information content (AvgIpc) is 3.58. The van der Waals surface area contributed by atoms with Crippen LogP contribution in [0.15, 0.2) is 74.9 Å². The summed E-state index contributed by atoms with van der Waals surface area (Å²) in [7, 11) is 0. The molecule has 5 rings (SSSR count). The molecule has 1 aliphatic rings. The molecule has 32 heavy (non-hydrogen) atoms. The van der Waals surface area contributed by atoms with Gasteiger partial charge in [-0.05, 0) is 30.2 Å². The summed E-state index contributed by atoms with van der Waals surface area (Å²) < 4.78 is 10.5. The summed E-state index contributed by atoms with van der Waals surface area (Å²) in [4.78, 5) is 19.3. The van der Waals surface area contributed by atoms with Gasteiger partial charge in [0, 0.05) is 18.1 Å². The fraction of sp³-hybridized carbons (Fsp3) is 0.174. The molecule has 1 saturated heterocycles. The maximum absolute atomic E-state index is 13.3. The van der Waals surface area contributed by atoms with Crippen LogP contribution in [0, 0.1) is 6.92 Å². The van der Waals surface area contributed by atoms with Gasteiger partial charge < -0.3 is 19.2 Å². The Balaban J connectivity index is 1.41. The first kappa shape index (κ1) is 19.7. The van der Waals surface area contributed by atoms with Gasteiger partial charge in [0.25, 0.3) is 5.91 Å². The molecule has 1 fully saturated rings. The summed E-state index contributed by atoms with van der Waals surface area (Å²) in [6, 6.07) is 18.5. The standard InChI is InChI=1S/C23H19N5O4/c1-14-11-19(26-31-14)21-24-22(32-27-21)20-12-18(25-30)13-28(20)23(29)17-9-7-16(8-10-17)15-5-3-2-4-6-15/h2-11,20,30H,12-13H2,1H3/b25-18+/t20-/m0/s1. The van der Waals surface area contributed by atoms with Gasteiger partial charge in [-0.3, -0.25) is 4.79 Å². The van der Waals surface area contributed by atoms with Crippen molar-refractivity contribution in [3.05, 3.63) is 77.9 Å². The van der Waals surface area contributed by atoms with Crippen LogP contribution in [0.5, 0.6) is 0 Å². The lowest BCUT2D eigenvalue weighted by Gasteiger charge is -2.21. The van der Waals surface area contributed by atoms with Crippen molar-refractivity contribution in [3.8, 4) is 22.6 Å². The molecule has 0 saturated carbocycles. The molecule has 1 N–H and O–H groups in total. The van der Waals surface area contributed by atoms with Crippen molar-refractivity contribution in [1.29, 1.82) is 0 Å². The Bertz CT molecular complexity index is 1280. The number of amides is 1. The van der Waals surface area contributed by atoms with Crippen molar-refractivity contribution in [2.24, 2.45) is 5.16 Å². The fourth-order valence-corrected chi connectivity index (χ4v) is 3.76. The zero-order chi connectivity index (χ0) is 22.1. The minimum absolute atomic E-state index is 0.168. The van der Waals surface area contributed by atoms with Gasteiger partial charge in [-0.15, -0.1) is 0 Å². The molecule has 2 aromatic carbocycles. The van der Waals surface area contributed by atoms with E-state index in [1.807, 2.05) is 42.5 Å². The molecule has 1 amide bonds. The molecular formula is C23H19N5O4. The minimum Gasteiger partial charge on any atom is -0.411 e. The van der Waals surface area contributed by atoms with E-state index in [0.29, 0.717) is 29.2 Å². The second kappa shape index (κ2) is 8.10. The number of likely N-dealkylation sites (tertiary alicyclic amines) is 1. The van der Waals surface area contributed by atoms with Crippen LogP contribution in [0.2, 0.25) is 0 Å². The van der Waals surface area contributed by atoms with E-state index in [-0.39, 0.29) is 24.2 Å². The van der Waals surface area contributed by atoms with Crippen LogP contribution >= 0.6 is 0 Å². The van der Waals surface area contributed by atoms with E-state index >= 15 is 0 Å². The highest BCUT2D eigenvalue weighted by molar-refractivity contribution is 6.00. The van der Waals surface area contributed by atoms with Crippen molar-refractivity contribution in [2.75, 3.05) is 6.54 Å². The van der Waals surface area contributed by atoms with Gasteiger partial charge >= 0.3 is 0 Å². The molecule has 0 spiro atoms. The molecule has 160 valence electrons. The van der Waals surface area contributed by atoms with Crippen molar-refractivity contribution in [3.63, 3.8) is 0 Å². The van der Waals surface area contributed by atoms with Gasteiger partial charge in [-0.25, -0.2) is 0 Å². The van der Waals surface area contributed by atoms with Gasteiger partial charge in [-0.2, -0.15) is 4.98 Å². The Kier molecular flexibility index (Phi) is 4.98. The molecule has 9 heteroatoms. The van der Waals surface area contributed by atoms with Crippen LogP contribution in [0.1, 0.15) is 34.5 Å². The molecule has 0 unspecified atom stereocenters. The minimum atomic E-state index is -0.545. The predicted molar refractivity (Wildman–Crippen MR) is 114 cm³/mol. The number of carbonyl (C=O) groups is 1. The van der Waals surface area contributed by atoms with Crippen LogP contribution in [-0.2, 0) is 0 Å². The van der Waals surface area contributed by atoms with Gasteiger partial charge in [0.2, 0.25) is 11.7 Å². The molecule has 0 radical (unpaired) electrons. The number of rotatable bonds is 4. The van der Waals surface area contributed by atoms with E-state index in [1.54, 1.807) is 30.0 Å². The lowest BCUT2D eigenvalue weighted by atomic mass is 10.0. The van der Waals surface area contributed by atoms with Crippen LogP contribution in [0.3, 0.4) is 0 Å². The third kappa shape index (κ3) is 3.64. The highest BCUT2D eigenvalue weighted by atomic mass is 16.5. The number of aromatic nitrogens is 3. The number of oxime groups is 1. The normalized spacial score (nSPS) is 17.2. The Morgan fingerprint density at radius 1 is 1.06 bits per heavy atom. The number of hydrogen-bond acceptors (Lipinski definition) is 8. The summed E-state index contributed by atoms with van der Waals surface area (Å²) in [5.41, 5.74) is 3.51. The van der Waals surface area contributed by atoms with E-state index in [9.17, 15) is 10.0 Å². The summed E-state index contributed by atoms with van der Waals surface area (Å²) in [5.74, 6) is 0.919. The van der Waals surface area contributed by atoms with Gasteiger partial charge in [0.15, 0.2) is 5.69 Å². The number of hydrogen-bond donors (Lipinski definition) is 1. The molecule has 0 aliphatic carbocycles. The van der Waals surface area contributed by atoms with Crippen LogP contribution in [-0.4, -0.2) is 43.6 Å². The van der Waals surface area contributed by atoms with E-state index < -0.39 is 6.04 Å². The van der Waals surface area contributed by atoms with Crippen LogP contribution in [0.4, 0.5) is 0 Å². The van der Waals surface area contributed by atoms with E-state index in [4.69, 9.17) is 9.05 Å². The molecule has 0 bridgehead atoms. The summed E-state index contributed by atoms with van der Waals surface area (Å²) in [6.07, 6.45) is 0.295. The van der Waals surface area contributed by atoms with Crippen LogP contribution in [0.25, 0.3) is 22.6 Å². The second-order valence-electron chi connectivity index (χ2n) is 7.54. The Morgan fingerprint density at radius 2 is 1.81 bits per heavy atom.